The molecule has 0 aromatic heterocycles. The Morgan fingerprint density at radius 3 is 1.15 bits per heavy atom. The fourth-order valence-corrected chi connectivity index (χ4v) is 6.10. The van der Waals surface area contributed by atoms with E-state index in [-0.39, 0.29) is 11.5 Å². The zero-order chi connectivity index (χ0) is 37.8. The molecule has 0 aliphatic rings. The number of benzene rings is 3. The van der Waals surface area contributed by atoms with Gasteiger partial charge in [0, 0.05) is 41.8 Å². The number of aromatic hydroxyl groups is 2. The minimum atomic E-state index is 0.102. The molecule has 0 bridgehead atoms. The van der Waals surface area contributed by atoms with Gasteiger partial charge < -0.3 is 24.4 Å². The van der Waals surface area contributed by atoms with E-state index in [0.29, 0.717) is 53.8 Å². The van der Waals surface area contributed by atoms with Crippen LogP contribution in [0.15, 0.2) is 64.6 Å². The van der Waals surface area contributed by atoms with Gasteiger partial charge in [-0.2, -0.15) is 0 Å². The van der Waals surface area contributed by atoms with E-state index in [4.69, 9.17) is 24.2 Å². The lowest BCUT2D eigenvalue weighted by molar-refractivity contribution is 0.302. The second-order valence-electron chi connectivity index (χ2n) is 14.2. The van der Waals surface area contributed by atoms with E-state index in [2.05, 4.69) is 20.8 Å². The van der Waals surface area contributed by atoms with Crippen LogP contribution in [0.25, 0.3) is 0 Å². The molecule has 0 amide bonds. The van der Waals surface area contributed by atoms with Crippen LogP contribution in [0.4, 0.5) is 11.4 Å². The van der Waals surface area contributed by atoms with Crippen molar-refractivity contribution >= 4 is 23.8 Å². The van der Waals surface area contributed by atoms with Gasteiger partial charge in [-0.05, 0) is 55.7 Å². The van der Waals surface area contributed by atoms with E-state index < -0.39 is 0 Å². The molecule has 3 rings (SSSR count). The van der Waals surface area contributed by atoms with Gasteiger partial charge in [0.1, 0.15) is 28.7 Å². The summed E-state index contributed by atoms with van der Waals surface area (Å²) in [6, 6.07) is 16.3. The van der Waals surface area contributed by atoms with Crippen molar-refractivity contribution in [1.82, 2.24) is 0 Å². The lowest BCUT2D eigenvalue weighted by Gasteiger charge is -2.10. The molecular formula is C46H68N2O5. The van der Waals surface area contributed by atoms with Crippen LogP contribution in [0, 0.1) is 0 Å². The highest BCUT2D eigenvalue weighted by Gasteiger charge is 2.08. The minimum Gasteiger partial charge on any atom is -0.507 e. The molecule has 7 heteroatoms. The first kappa shape index (κ1) is 43.4. The zero-order valence-electron chi connectivity index (χ0n) is 33.1. The molecule has 292 valence electrons. The van der Waals surface area contributed by atoms with Gasteiger partial charge in [0.05, 0.1) is 31.2 Å². The van der Waals surface area contributed by atoms with Gasteiger partial charge in [-0.3, -0.25) is 9.98 Å². The van der Waals surface area contributed by atoms with E-state index >= 15 is 0 Å². The highest BCUT2D eigenvalue weighted by Crippen LogP contribution is 2.34. The van der Waals surface area contributed by atoms with Crippen LogP contribution in [0.2, 0.25) is 0 Å². The van der Waals surface area contributed by atoms with Gasteiger partial charge in [0.15, 0.2) is 0 Å². The molecule has 7 nitrogen and oxygen atoms in total. The third kappa shape index (κ3) is 18.5. The second kappa shape index (κ2) is 27.6. The number of phenols is 2. The SMILES string of the molecule is CCCCCCCCCCOc1ccc(N=Cc2ccc(OCCCCCCCC)cc2O)c(N=Cc2ccc(OCCCCCCCC)cc2O)c1. The average Bonchev–Trinajstić information content (AvgIpc) is 3.16. The van der Waals surface area contributed by atoms with Crippen LogP contribution in [0.5, 0.6) is 28.7 Å². The summed E-state index contributed by atoms with van der Waals surface area (Å²) in [5.74, 6) is 2.22. The summed E-state index contributed by atoms with van der Waals surface area (Å²) in [6.07, 6.45) is 27.6. The quantitative estimate of drug-likeness (QED) is 0.0526. The van der Waals surface area contributed by atoms with Crippen molar-refractivity contribution < 1.29 is 24.4 Å². The molecule has 0 aliphatic carbocycles. The summed E-state index contributed by atoms with van der Waals surface area (Å²) >= 11 is 0. The largest absolute Gasteiger partial charge is 0.507 e. The van der Waals surface area contributed by atoms with Crippen molar-refractivity contribution in [2.24, 2.45) is 9.98 Å². The van der Waals surface area contributed by atoms with Crippen LogP contribution in [-0.2, 0) is 0 Å². The Balaban J connectivity index is 1.65. The van der Waals surface area contributed by atoms with Crippen molar-refractivity contribution in [2.45, 2.75) is 149 Å². The van der Waals surface area contributed by atoms with Crippen LogP contribution in [0.3, 0.4) is 0 Å². The zero-order valence-corrected chi connectivity index (χ0v) is 33.1. The Morgan fingerprint density at radius 2 is 0.755 bits per heavy atom. The Bertz CT molecular complexity index is 1470. The molecule has 0 unspecified atom stereocenters. The number of ether oxygens (including phenoxy) is 3. The number of hydrogen-bond acceptors (Lipinski definition) is 7. The average molecular weight is 729 g/mol. The summed E-state index contributed by atoms with van der Waals surface area (Å²) in [4.78, 5) is 9.45. The molecule has 2 N–H and O–H groups in total. The molecule has 0 saturated carbocycles. The van der Waals surface area contributed by atoms with Crippen molar-refractivity contribution in [3.8, 4) is 28.7 Å². The molecular weight excluding hydrogens is 661 g/mol. The van der Waals surface area contributed by atoms with Crippen LogP contribution in [0.1, 0.15) is 160 Å². The summed E-state index contributed by atoms with van der Waals surface area (Å²) in [7, 11) is 0. The maximum atomic E-state index is 10.8. The summed E-state index contributed by atoms with van der Waals surface area (Å²) in [5.41, 5.74) is 2.36. The lowest BCUT2D eigenvalue weighted by Crippen LogP contribution is -1.98. The third-order valence-electron chi connectivity index (χ3n) is 9.44. The first-order chi connectivity index (χ1) is 26.0. The first-order valence-electron chi connectivity index (χ1n) is 20.8. The monoisotopic (exact) mass is 729 g/mol. The van der Waals surface area contributed by atoms with E-state index in [1.807, 2.05) is 42.5 Å². The molecule has 0 radical (unpaired) electrons. The van der Waals surface area contributed by atoms with Crippen molar-refractivity contribution in [3.63, 3.8) is 0 Å². The molecule has 0 aliphatic heterocycles. The maximum absolute atomic E-state index is 10.8. The molecule has 0 fully saturated rings. The number of aliphatic imine (C=N–C) groups is 2. The highest BCUT2D eigenvalue weighted by atomic mass is 16.5. The number of rotatable bonds is 30. The van der Waals surface area contributed by atoms with Gasteiger partial charge in [-0.15, -0.1) is 0 Å². The number of nitrogens with zero attached hydrogens (tertiary/aromatic N) is 2. The summed E-state index contributed by atoms with van der Waals surface area (Å²) in [6.45, 7) is 8.61. The minimum absolute atomic E-state index is 0.102. The van der Waals surface area contributed by atoms with Gasteiger partial charge in [-0.25, -0.2) is 0 Å². The van der Waals surface area contributed by atoms with Crippen molar-refractivity contribution in [2.75, 3.05) is 19.8 Å². The summed E-state index contributed by atoms with van der Waals surface area (Å²) < 4.78 is 17.9. The second-order valence-corrected chi connectivity index (χ2v) is 14.2. The van der Waals surface area contributed by atoms with E-state index in [1.165, 1.54) is 89.9 Å². The Kier molecular flexibility index (Phi) is 22.6. The maximum Gasteiger partial charge on any atom is 0.128 e. The topological polar surface area (TPSA) is 92.9 Å². The number of hydrogen-bond donors (Lipinski definition) is 2. The van der Waals surface area contributed by atoms with Crippen LogP contribution >= 0.6 is 0 Å². The highest BCUT2D eigenvalue weighted by molar-refractivity contribution is 5.90. The molecule has 0 atom stereocenters. The molecule has 0 spiro atoms. The summed E-state index contributed by atoms with van der Waals surface area (Å²) in [5, 5.41) is 21.5. The Hall–Kier alpha value is -4.00. The van der Waals surface area contributed by atoms with Crippen LogP contribution < -0.4 is 14.2 Å². The predicted molar refractivity (Wildman–Crippen MR) is 223 cm³/mol. The van der Waals surface area contributed by atoms with E-state index in [9.17, 15) is 10.2 Å². The molecule has 0 saturated heterocycles. The van der Waals surface area contributed by atoms with Crippen molar-refractivity contribution in [3.05, 3.63) is 65.7 Å². The van der Waals surface area contributed by atoms with Gasteiger partial charge in [0.2, 0.25) is 0 Å². The number of unbranched alkanes of at least 4 members (excludes halogenated alkanes) is 17. The Labute approximate surface area is 320 Å². The van der Waals surface area contributed by atoms with Crippen molar-refractivity contribution in [1.29, 1.82) is 0 Å². The molecule has 0 heterocycles. The van der Waals surface area contributed by atoms with E-state index in [1.54, 1.807) is 24.6 Å². The normalized spacial score (nSPS) is 11.5. The Morgan fingerprint density at radius 1 is 0.415 bits per heavy atom. The lowest BCUT2D eigenvalue weighted by atomic mass is 10.1. The molecule has 3 aromatic rings. The molecule has 53 heavy (non-hydrogen) atoms. The van der Waals surface area contributed by atoms with E-state index in [0.717, 1.165) is 44.3 Å². The molecule has 3 aromatic carbocycles. The van der Waals surface area contributed by atoms with Gasteiger partial charge in [-0.1, -0.05) is 130 Å². The predicted octanol–water partition coefficient (Wildman–Crippen LogP) is 13.6. The standard InChI is InChI=1S/C46H68N2O5/c1-4-7-10-13-16-17-20-23-30-51-40-28-29-43(47-36-38-24-26-41(34-45(38)49)52-31-21-18-14-11-8-5-2)44(33-40)48-37-39-25-27-42(35-46(39)50)53-32-22-19-15-12-9-6-3/h24-29,33-37,49-50H,4-23,30-32H2,1-3H3. The first-order valence-corrected chi connectivity index (χ1v) is 20.8. The number of phenolic OH excluding ortho intramolecular Hbond substituents is 2. The fourth-order valence-electron chi connectivity index (χ4n) is 6.10. The third-order valence-corrected chi connectivity index (χ3v) is 9.44. The van der Waals surface area contributed by atoms with Crippen LogP contribution in [-0.4, -0.2) is 42.5 Å². The van der Waals surface area contributed by atoms with Gasteiger partial charge >= 0.3 is 0 Å². The van der Waals surface area contributed by atoms with Gasteiger partial charge in [0.25, 0.3) is 0 Å². The fraction of sp³-hybridized carbons (Fsp3) is 0.565. The smallest absolute Gasteiger partial charge is 0.128 e.